The second kappa shape index (κ2) is 5.57. The molecule has 3 nitrogen and oxygen atoms in total. The second-order valence-electron chi connectivity index (χ2n) is 6.36. The van der Waals surface area contributed by atoms with Crippen LogP contribution < -0.4 is 5.32 Å². The molecular weight excluding hydrogens is 248 g/mol. The van der Waals surface area contributed by atoms with Crippen LogP contribution in [0.25, 0.3) is 0 Å². The van der Waals surface area contributed by atoms with Crippen molar-refractivity contribution in [3.05, 3.63) is 35.4 Å². The minimum atomic E-state index is -0.138. The van der Waals surface area contributed by atoms with Gasteiger partial charge in [-0.3, -0.25) is 4.79 Å². The van der Waals surface area contributed by atoms with E-state index in [4.69, 9.17) is 0 Å². The van der Waals surface area contributed by atoms with Gasteiger partial charge >= 0.3 is 0 Å². The highest BCUT2D eigenvalue weighted by atomic mass is 16.2. The zero-order valence-electron chi connectivity index (χ0n) is 12.4. The highest BCUT2D eigenvalue weighted by Gasteiger charge is 2.32. The standard InChI is InChI=1S/C17H24N2O/c1-12-8-10-19(11-13(12)2)17(20)16-15-6-4-3-5-14(15)7-9-18-16/h3-6,12-13,16,18H,7-11H2,1-2H3. The number of likely N-dealkylation sites (tertiary alicyclic amines) is 1. The van der Waals surface area contributed by atoms with Crippen molar-refractivity contribution in [3.63, 3.8) is 0 Å². The van der Waals surface area contributed by atoms with Crippen LogP contribution in [-0.4, -0.2) is 30.4 Å². The summed E-state index contributed by atoms with van der Waals surface area (Å²) < 4.78 is 0. The van der Waals surface area contributed by atoms with Crippen molar-refractivity contribution in [2.75, 3.05) is 19.6 Å². The molecule has 1 amide bonds. The van der Waals surface area contributed by atoms with Crippen molar-refractivity contribution in [2.24, 2.45) is 11.8 Å². The van der Waals surface area contributed by atoms with E-state index in [1.165, 1.54) is 11.1 Å². The summed E-state index contributed by atoms with van der Waals surface area (Å²) in [6.45, 7) is 7.26. The number of amides is 1. The average molecular weight is 272 g/mol. The van der Waals surface area contributed by atoms with Crippen LogP contribution in [0.5, 0.6) is 0 Å². The third kappa shape index (κ3) is 2.47. The Morgan fingerprint density at radius 2 is 2.05 bits per heavy atom. The molecule has 0 aromatic heterocycles. The minimum Gasteiger partial charge on any atom is -0.341 e. The van der Waals surface area contributed by atoms with E-state index in [1.54, 1.807) is 0 Å². The predicted molar refractivity (Wildman–Crippen MR) is 80.4 cm³/mol. The van der Waals surface area contributed by atoms with Gasteiger partial charge in [0, 0.05) is 19.6 Å². The summed E-state index contributed by atoms with van der Waals surface area (Å²) in [6, 6.07) is 8.21. The van der Waals surface area contributed by atoms with E-state index >= 15 is 0 Å². The van der Waals surface area contributed by atoms with Gasteiger partial charge in [-0.1, -0.05) is 38.1 Å². The third-order valence-electron chi connectivity index (χ3n) is 5.00. The van der Waals surface area contributed by atoms with Gasteiger partial charge in [0.15, 0.2) is 0 Å². The lowest BCUT2D eigenvalue weighted by molar-refractivity contribution is -0.136. The quantitative estimate of drug-likeness (QED) is 0.851. The molecule has 0 radical (unpaired) electrons. The molecule has 1 saturated heterocycles. The van der Waals surface area contributed by atoms with Crippen molar-refractivity contribution >= 4 is 5.91 Å². The molecule has 3 atom stereocenters. The number of fused-ring (bicyclic) bond motifs is 1. The Hall–Kier alpha value is -1.35. The number of nitrogens with zero attached hydrogens (tertiary/aromatic N) is 1. The normalized spacial score (nSPS) is 29.9. The minimum absolute atomic E-state index is 0.138. The van der Waals surface area contributed by atoms with Crippen molar-refractivity contribution in [2.45, 2.75) is 32.7 Å². The average Bonchev–Trinajstić information content (AvgIpc) is 2.49. The van der Waals surface area contributed by atoms with Crippen molar-refractivity contribution in [1.82, 2.24) is 10.2 Å². The lowest BCUT2D eigenvalue weighted by Crippen LogP contribution is -2.48. The molecule has 3 heteroatoms. The number of hydrogen-bond donors (Lipinski definition) is 1. The lowest BCUT2D eigenvalue weighted by Gasteiger charge is -2.38. The number of rotatable bonds is 1. The van der Waals surface area contributed by atoms with Crippen molar-refractivity contribution < 1.29 is 4.79 Å². The lowest BCUT2D eigenvalue weighted by atomic mass is 9.87. The van der Waals surface area contributed by atoms with Gasteiger partial charge in [-0.05, 0) is 35.8 Å². The molecule has 2 aliphatic heterocycles. The van der Waals surface area contributed by atoms with E-state index in [-0.39, 0.29) is 11.9 Å². The van der Waals surface area contributed by atoms with E-state index in [1.807, 2.05) is 6.07 Å². The molecule has 2 heterocycles. The molecule has 3 unspecified atom stereocenters. The van der Waals surface area contributed by atoms with E-state index in [2.05, 4.69) is 42.3 Å². The first-order valence-electron chi connectivity index (χ1n) is 7.77. The molecule has 3 rings (SSSR count). The topological polar surface area (TPSA) is 32.3 Å². The van der Waals surface area contributed by atoms with Crippen molar-refractivity contribution in [3.8, 4) is 0 Å². The van der Waals surface area contributed by atoms with Gasteiger partial charge < -0.3 is 10.2 Å². The van der Waals surface area contributed by atoms with Crippen LogP contribution in [-0.2, 0) is 11.2 Å². The van der Waals surface area contributed by atoms with Gasteiger partial charge in [0.1, 0.15) is 6.04 Å². The molecule has 108 valence electrons. The number of hydrogen-bond acceptors (Lipinski definition) is 2. The highest BCUT2D eigenvalue weighted by Crippen LogP contribution is 2.28. The molecule has 0 aliphatic carbocycles. The Morgan fingerprint density at radius 3 is 2.85 bits per heavy atom. The van der Waals surface area contributed by atoms with Gasteiger partial charge in [0.25, 0.3) is 0 Å². The number of nitrogens with one attached hydrogen (secondary N) is 1. The molecule has 1 N–H and O–H groups in total. The molecule has 2 aliphatic rings. The zero-order valence-corrected chi connectivity index (χ0v) is 12.4. The first kappa shape index (κ1) is 13.6. The van der Waals surface area contributed by atoms with Crippen LogP contribution in [0.4, 0.5) is 0 Å². The van der Waals surface area contributed by atoms with Crippen LogP contribution in [0.1, 0.15) is 37.4 Å². The number of carbonyl (C=O) groups is 1. The number of benzene rings is 1. The Bertz CT molecular complexity index is 500. The SMILES string of the molecule is CC1CCN(C(=O)C2NCCc3ccccc32)CC1C. The van der Waals surface area contributed by atoms with Crippen LogP contribution >= 0.6 is 0 Å². The summed E-state index contributed by atoms with van der Waals surface area (Å²) in [6.07, 6.45) is 2.15. The summed E-state index contributed by atoms with van der Waals surface area (Å²) in [5.74, 6) is 1.59. The summed E-state index contributed by atoms with van der Waals surface area (Å²) >= 11 is 0. The molecule has 20 heavy (non-hydrogen) atoms. The summed E-state index contributed by atoms with van der Waals surface area (Å²) in [4.78, 5) is 14.9. The van der Waals surface area contributed by atoms with Gasteiger partial charge in [-0.2, -0.15) is 0 Å². The van der Waals surface area contributed by atoms with Crippen LogP contribution in [0.15, 0.2) is 24.3 Å². The summed E-state index contributed by atoms with van der Waals surface area (Å²) in [5, 5.41) is 3.41. The van der Waals surface area contributed by atoms with Gasteiger partial charge in [0.05, 0.1) is 0 Å². The summed E-state index contributed by atoms with van der Waals surface area (Å²) in [5.41, 5.74) is 2.50. The van der Waals surface area contributed by atoms with E-state index in [0.717, 1.165) is 38.4 Å². The smallest absolute Gasteiger partial charge is 0.244 e. The first-order chi connectivity index (χ1) is 9.66. The van der Waals surface area contributed by atoms with Crippen LogP contribution in [0.3, 0.4) is 0 Å². The fraction of sp³-hybridized carbons (Fsp3) is 0.588. The maximum Gasteiger partial charge on any atom is 0.244 e. The van der Waals surface area contributed by atoms with Crippen LogP contribution in [0.2, 0.25) is 0 Å². The Morgan fingerprint density at radius 1 is 1.25 bits per heavy atom. The molecule has 0 bridgehead atoms. The maximum atomic E-state index is 12.8. The largest absolute Gasteiger partial charge is 0.341 e. The Labute approximate surface area is 121 Å². The Kier molecular flexibility index (Phi) is 3.79. The Balaban J connectivity index is 1.78. The van der Waals surface area contributed by atoms with Crippen LogP contribution in [0, 0.1) is 11.8 Å². The molecule has 1 fully saturated rings. The number of carbonyl (C=O) groups excluding carboxylic acids is 1. The molecule has 1 aromatic rings. The highest BCUT2D eigenvalue weighted by molar-refractivity contribution is 5.84. The van der Waals surface area contributed by atoms with E-state index < -0.39 is 0 Å². The van der Waals surface area contributed by atoms with Gasteiger partial charge in [-0.25, -0.2) is 0 Å². The second-order valence-corrected chi connectivity index (χ2v) is 6.36. The van der Waals surface area contributed by atoms with E-state index in [0.29, 0.717) is 5.92 Å². The van der Waals surface area contributed by atoms with E-state index in [9.17, 15) is 4.79 Å². The molecule has 0 spiro atoms. The van der Waals surface area contributed by atoms with Crippen molar-refractivity contribution in [1.29, 1.82) is 0 Å². The number of piperidine rings is 1. The third-order valence-corrected chi connectivity index (χ3v) is 5.00. The monoisotopic (exact) mass is 272 g/mol. The predicted octanol–water partition coefficient (Wildman–Crippen LogP) is 2.38. The maximum absolute atomic E-state index is 12.8. The fourth-order valence-corrected chi connectivity index (χ4v) is 3.37. The first-order valence-corrected chi connectivity index (χ1v) is 7.77. The summed E-state index contributed by atoms with van der Waals surface area (Å²) in [7, 11) is 0. The van der Waals surface area contributed by atoms with Gasteiger partial charge in [0.2, 0.25) is 5.91 Å². The fourth-order valence-electron chi connectivity index (χ4n) is 3.37. The van der Waals surface area contributed by atoms with Gasteiger partial charge in [-0.15, -0.1) is 0 Å². The molecule has 0 saturated carbocycles. The zero-order chi connectivity index (χ0) is 14.1. The molecular formula is C17H24N2O. The molecule has 1 aromatic carbocycles.